The van der Waals surface area contributed by atoms with Crippen molar-refractivity contribution in [3.05, 3.63) is 138 Å². The second-order valence-corrected chi connectivity index (χ2v) is 27.2. The number of carbonyl (C=O) groups excluding carboxylic acids is 2. The molecule has 15 heteroatoms. The average molecular weight is 1220 g/mol. The number of thiophene rings is 3. The van der Waals surface area contributed by atoms with Crippen molar-refractivity contribution in [1.29, 1.82) is 10.5 Å². The van der Waals surface area contributed by atoms with Gasteiger partial charge in [-0.1, -0.05) is 144 Å². The van der Waals surface area contributed by atoms with Gasteiger partial charge < -0.3 is 4.74 Å². The maximum Gasteiger partial charge on any atom is 0.194 e. The molecule has 0 amide bonds. The number of rotatable bonds is 27. The van der Waals surface area contributed by atoms with E-state index in [9.17, 15) is 37.7 Å². The molecule has 3 aliphatic carbocycles. The number of hydrogen-bond acceptors (Lipinski definition) is 11. The van der Waals surface area contributed by atoms with Crippen LogP contribution in [0.15, 0.2) is 71.3 Å². The van der Waals surface area contributed by atoms with Crippen LogP contribution in [0.1, 0.15) is 211 Å². The Morgan fingerprint density at radius 2 is 1.19 bits per heavy atom. The maximum absolute atomic E-state index is 14.9. The molecule has 4 aromatic heterocycles. The Morgan fingerprint density at radius 1 is 0.612 bits per heavy atom. The van der Waals surface area contributed by atoms with E-state index < -0.39 is 29.1 Å². The fourth-order valence-electron chi connectivity index (χ4n) is 13.2. The molecular weight excluding hydrogens is 1150 g/mol. The highest BCUT2D eigenvalue weighted by Gasteiger charge is 2.48. The number of fused-ring (bicyclic) bond motifs is 6. The minimum absolute atomic E-state index is 0.0127. The number of nitrogens with zero attached hydrogens (tertiary/aromatic N) is 4. The molecular formula is C70H72F4N4O3S4. The zero-order chi connectivity index (χ0) is 60.1. The van der Waals surface area contributed by atoms with Crippen LogP contribution in [0, 0.1) is 63.7 Å². The van der Waals surface area contributed by atoms with Crippen molar-refractivity contribution < 1.29 is 31.9 Å². The molecule has 4 heterocycles. The first-order valence-electron chi connectivity index (χ1n) is 30.6. The Bertz CT molecular complexity index is 3830. The van der Waals surface area contributed by atoms with Gasteiger partial charge in [-0.3, -0.25) is 9.59 Å². The molecule has 0 fully saturated rings. The molecule has 7 aromatic rings. The van der Waals surface area contributed by atoms with Gasteiger partial charge in [0.25, 0.3) is 0 Å². The number of halogens is 4. The molecule has 10 rings (SSSR count). The maximum atomic E-state index is 14.9. The van der Waals surface area contributed by atoms with Crippen LogP contribution in [-0.2, 0) is 11.8 Å². The zero-order valence-corrected chi connectivity index (χ0v) is 52.6. The van der Waals surface area contributed by atoms with Crippen LogP contribution in [0.2, 0.25) is 0 Å². The van der Waals surface area contributed by atoms with Gasteiger partial charge in [-0.25, -0.2) is 17.6 Å². The van der Waals surface area contributed by atoms with E-state index in [1.807, 2.05) is 24.3 Å². The van der Waals surface area contributed by atoms with Crippen molar-refractivity contribution in [3.63, 3.8) is 0 Å². The van der Waals surface area contributed by atoms with Crippen molar-refractivity contribution in [2.45, 2.75) is 169 Å². The van der Waals surface area contributed by atoms with Crippen molar-refractivity contribution >= 4 is 86.1 Å². The number of Topliss-reactive ketones (excluding diaryl/α,β-unsaturated/α-hetero) is 2. The molecule has 85 heavy (non-hydrogen) atoms. The third-order valence-corrected chi connectivity index (χ3v) is 22.1. The smallest absolute Gasteiger partial charge is 0.194 e. The van der Waals surface area contributed by atoms with Crippen LogP contribution in [0.25, 0.3) is 58.7 Å². The average Bonchev–Trinajstić information content (AvgIpc) is 2.60. The predicted molar refractivity (Wildman–Crippen MR) is 340 cm³/mol. The fraction of sp³-hybridized carbons (Fsp3) is 0.429. The Morgan fingerprint density at radius 3 is 1.82 bits per heavy atom. The second kappa shape index (κ2) is 27.1. The zero-order valence-electron chi connectivity index (χ0n) is 49.4. The highest BCUT2D eigenvalue weighted by Crippen LogP contribution is 2.64. The van der Waals surface area contributed by atoms with Crippen LogP contribution in [0.5, 0.6) is 5.75 Å². The summed E-state index contributed by atoms with van der Waals surface area (Å²) in [7, 11) is 0. The molecule has 3 unspecified atom stereocenters. The fourth-order valence-corrected chi connectivity index (χ4v) is 17.6. The highest BCUT2D eigenvalue weighted by atomic mass is 32.1. The van der Waals surface area contributed by atoms with E-state index in [0.29, 0.717) is 57.2 Å². The second-order valence-electron chi connectivity index (χ2n) is 23.5. The Hall–Kier alpha value is -6.36. The van der Waals surface area contributed by atoms with Crippen LogP contribution in [-0.4, -0.2) is 26.9 Å². The van der Waals surface area contributed by atoms with Crippen LogP contribution < -0.4 is 4.74 Å². The molecule has 0 saturated heterocycles. The summed E-state index contributed by atoms with van der Waals surface area (Å²) in [5, 5.41) is 20.4. The number of benzene rings is 3. The van der Waals surface area contributed by atoms with Crippen molar-refractivity contribution in [1.82, 2.24) is 8.75 Å². The lowest BCUT2D eigenvalue weighted by molar-refractivity contribution is 0.103. The first kappa shape index (κ1) is 61.7. The summed E-state index contributed by atoms with van der Waals surface area (Å²) in [5.74, 6) is -3.41. The molecule has 0 saturated carbocycles. The molecule has 0 radical (unpaired) electrons. The summed E-state index contributed by atoms with van der Waals surface area (Å²) in [5.41, 5.74) is 5.97. The normalized spacial score (nSPS) is 17.2. The van der Waals surface area contributed by atoms with Crippen LogP contribution >= 0.6 is 45.7 Å². The summed E-state index contributed by atoms with van der Waals surface area (Å²) in [6, 6.07) is 18.5. The topological polar surface area (TPSA) is 117 Å². The lowest BCUT2D eigenvalue weighted by Crippen LogP contribution is -2.31. The van der Waals surface area contributed by atoms with Gasteiger partial charge in [0, 0.05) is 75.2 Å². The van der Waals surface area contributed by atoms with Gasteiger partial charge in [-0.2, -0.15) is 19.3 Å². The first-order valence-corrected chi connectivity index (χ1v) is 33.8. The number of nitriles is 2. The van der Waals surface area contributed by atoms with Gasteiger partial charge in [0.05, 0.1) is 23.2 Å². The van der Waals surface area contributed by atoms with E-state index in [2.05, 4.69) is 59.7 Å². The van der Waals surface area contributed by atoms with Gasteiger partial charge in [-0.15, -0.1) is 34.0 Å². The van der Waals surface area contributed by atoms with Gasteiger partial charge in [0.1, 0.15) is 34.5 Å². The number of hydrogen-bond donors (Lipinski definition) is 0. The number of allylic oxidation sites excluding steroid dienone is 4. The Kier molecular flexibility index (Phi) is 19.7. The molecule has 3 aliphatic rings. The lowest BCUT2D eigenvalue weighted by atomic mass is 9.65. The van der Waals surface area contributed by atoms with Gasteiger partial charge in [0.15, 0.2) is 34.8 Å². The van der Waals surface area contributed by atoms with Crippen molar-refractivity contribution in [2.75, 3.05) is 6.61 Å². The van der Waals surface area contributed by atoms with Gasteiger partial charge in [-0.05, 0) is 120 Å². The third kappa shape index (κ3) is 12.4. The molecule has 0 N–H and O–H groups in total. The molecule has 0 bridgehead atoms. The van der Waals surface area contributed by atoms with E-state index in [1.165, 1.54) is 45.1 Å². The number of ketones is 2. The third-order valence-electron chi connectivity index (χ3n) is 17.9. The predicted octanol–water partition coefficient (Wildman–Crippen LogP) is 21.3. The van der Waals surface area contributed by atoms with Crippen molar-refractivity contribution in [3.8, 4) is 47.8 Å². The number of ether oxygens (including phenoxy) is 1. The summed E-state index contributed by atoms with van der Waals surface area (Å²) >= 11 is 6.12. The molecule has 442 valence electrons. The summed E-state index contributed by atoms with van der Waals surface area (Å²) in [4.78, 5) is 34.0. The van der Waals surface area contributed by atoms with E-state index in [-0.39, 0.29) is 51.0 Å². The summed E-state index contributed by atoms with van der Waals surface area (Å²) in [6.45, 7) is 14.1. The van der Waals surface area contributed by atoms with Crippen molar-refractivity contribution in [2.24, 2.45) is 17.8 Å². The lowest BCUT2D eigenvalue weighted by Gasteiger charge is -2.37. The molecule has 3 aromatic carbocycles. The number of carbonyl (C=O) groups is 2. The van der Waals surface area contributed by atoms with E-state index >= 15 is 0 Å². The SMILES string of the molecule is CCCCCCC(CCCC)COc1cc(/C=C2\C(=O)c3cc(F)c(F)cc3C2=C(C#N)C#N)sc1-c1cc2c(s1)-c1sc(-c3ccc(/C=C4/Cc5cc(F)c(F)cc5C4=O)c4nsnc34)cc1C2(CC(CC)CCCC)CC(CC)CCCC. The monoisotopic (exact) mass is 1220 g/mol. The first-order chi connectivity index (χ1) is 41.2. The van der Waals surface area contributed by atoms with Gasteiger partial charge >= 0.3 is 0 Å². The Balaban J connectivity index is 1.13. The van der Waals surface area contributed by atoms with E-state index in [0.717, 1.165) is 164 Å². The molecule has 3 atom stereocenters. The quantitative estimate of drug-likeness (QED) is 0.0218. The Labute approximate surface area is 513 Å². The van der Waals surface area contributed by atoms with Crippen LogP contribution in [0.3, 0.4) is 0 Å². The van der Waals surface area contributed by atoms with E-state index in [1.54, 1.807) is 34.8 Å². The molecule has 0 aliphatic heterocycles. The minimum Gasteiger partial charge on any atom is -0.492 e. The minimum atomic E-state index is -1.19. The van der Waals surface area contributed by atoms with Crippen LogP contribution in [0.4, 0.5) is 17.6 Å². The largest absolute Gasteiger partial charge is 0.492 e. The summed E-state index contributed by atoms with van der Waals surface area (Å²) in [6.07, 6.45) is 23.3. The molecule has 0 spiro atoms. The summed E-state index contributed by atoms with van der Waals surface area (Å²) < 4.78 is 75.1. The molecule has 7 nitrogen and oxygen atoms in total. The standard InChI is InChI=1S/C70H72F4N4O3S4/c1-7-13-17-18-22-42(21-16-10-4)39-81-59-29-47(28-52-62(46(37-75)38-76)50-31-57(73)58(74)32-51(50)66(52)80)82-69(59)61-34-54-68(84-61)67-53(70(54,35-40(11-5)19-14-8-2)36-41(12-6)20-15-9-3)33-60(83-67)48-24-23-43(63-64(48)78-85-77-63)25-45-26-44-27-55(71)56(72)30-49(44)65(45)79/h23-25,27-34,40-42H,7-22,26,35-36,39H2,1-6H3/b45-25-,52-28-. The number of unbranched alkanes of at least 4 members (excludes halogenated alkanes) is 6. The van der Waals surface area contributed by atoms with Gasteiger partial charge in [0.2, 0.25) is 0 Å². The van der Waals surface area contributed by atoms with E-state index in [4.69, 9.17) is 13.5 Å². The highest BCUT2D eigenvalue weighted by molar-refractivity contribution is 7.28. The number of aromatic nitrogens is 2.